The standard InChI is InChI=1S/C18H17N3O3/c22-18(12-13-8-10-15(11-9-13)21(23)24)20-19-17-7-3-5-14-4-1-2-6-16(14)17/h1-2,4,6,8-11H,3,5,7,12H2,(H,20,22)/b19-17-. The molecule has 0 aromatic heterocycles. The summed E-state index contributed by atoms with van der Waals surface area (Å²) in [5.74, 6) is -0.237. The molecule has 6 nitrogen and oxygen atoms in total. The van der Waals surface area contributed by atoms with Crippen molar-refractivity contribution in [2.75, 3.05) is 0 Å². The molecule has 0 fully saturated rings. The van der Waals surface area contributed by atoms with E-state index in [4.69, 9.17) is 0 Å². The van der Waals surface area contributed by atoms with Crippen LogP contribution in [-0.4, -0.2) is 16.5 Å². The summed E-state index contributed by atoms with van der Waals surface area (Å²) in [5.41, 5.74) is 6.57. The molecule has 0 bridgehead atoms. The van der Waals surface area contributed by atoms with E-state index in [1.165, 1.54) is 17.7 Å². The number of aryl methyl sites for hydroxylation is 1. The monoisotopic (exact) mass is 323 g/mol. The lowest BCUT2D eigenvalue weighted by Crippen LogP contribution is -2.23. The van der Waals surface area contributed by atoms with Gasteiger partial charge in [-0.25, -0.2) is 5.43 Å². The molecule has 3 rings (SSSR count). The second kappa shape index (κ2) is 7.04. The second-order valence-corrected chi connectivity index (χ2v) is 5.70. The maximum absolute atomic E-state index is 12.0. The van der Waals surface area contributed by atoms with Crippen LogP contribution in [-0.2, 0) is 17.6 Å². The van der Waals surface area contributed by atoms with Crippen LogP contribution in [0.4, 0.5) is 5.69 Å². The number of benzene rings is 2. The third-order valence-electron chi connectivity index (χ3n) is 4.02. The Morgan fingerprint density at radius 1 is 1.12 bits per heavy atom. The summed E-state index contributed by atoms with van der Waals surface area (Å²) in [7, 11) is 0. The maximum Gasteiger partial charge on any atom is 0.269 e. The highest BCUT2D eigenvalue weighted by molar-refractivity contribution is 6.03. The van der Waals surface area contributed by atoms with Gasteiger partial charge < -0.3 is 0 Å². The third kappa shape index (κ3) is 3.65. The lowest BCUT2D eigenvalue weighted by atomic mass is 9.90. The number of nitro benzene ring substituents is 1. The highest BCUT2D eigenvalue weighted by atomic mass is 16.6. The molecule has 2 aromatic rings. The molecule has 0 saturated heterocycles. The van der Waals surface area contributed by atoms with Gasteiger partial charge in [0, 0.05) is 17.7 Å². The van der Waals surface area contributed by atoms with Gasteiger partial charge in [-0.2, -0.15) is 5.10 Å². The molecule has 2 aromatic carbocycles. The molecule has 0 heterocycles. The van der Waals surface area contributed by atoms with Crippen molar-refractivity contribution in [1.29, 1.82) is 0 Å². The quantitative estimate of drug-likeness (QED) is 0.693. The Balaban J connectivity index is 1.64. The van der Waals surface area contributed by atoms with Crippen LogP contribution in [0.5, 0.6) is 0 Å². The minimum atomic E-state index is -0.462. The Morgan fingerprint density at radius 2 is 1.88 bits per heavy atom. The van der Waals surface area contributed by atoms with Crippen LogP contribution >= 0.6 is 0 Å². The first-order valence-corrected chi connectivity index (χ1v) is 7.80. The van der Waals surface area contributed by atoms with Gasteiger partial charge in [-0.3, -0.25) is 14.9 Å². The summed E-state index contributed by atoms with van der Waals surface area (Å²) in [6, 6.07) is 14.0. The third-order valence-corrected chi connectivity index (χ3v) is 4.02. The van der Waals surface area contributed by atoms with Gasteiger partial charge in [0.2, 0.25) is 5.91 Å². The molecule has 1 amide bonds. The van der Waals surface area contributed by atoms with E-state index in [1.807, 2.05) is 18.2 Å². The predicted octanol–water partition coefficient (Wildman–Crippen LogP) is 2.99. The van der Waals surface area contributed by atoms with Gasteiger partial charge in [-0.1, -0.05) is 36.4 Å². The first kappa shape index (κ1) is 15.9. The predicted molar refractivity (Wildman–Crippen MR) is 90.9 cm³/mol. The van der Waals surface area contributed by atoms with Gasteiger partial charge in [0.15, 0.2) is 0 Å². The van der Waals surface area contributed by atoms with Crippen molar-refractivity contribution in [2.24, 2.45) is 5.10 Å². The van der Waals surface area contributed by atoms with E-state index < -0.39 is 4.92 Å². The van der Waals surface area contributed by atoms with Crippen LogP contribution in [0.2, 0.25) is 0 Å². The average Bonchev–Trinajstić information content (AvgIpc) is 2.60. The zero-order valence-corrected chi connectivity index (χ0v) is 13.1. The molecule has 1 aliphatic carbocycles. The van der Waals surface area contributed by atoms with Crippen molar-refractivity contribution in [3.05, 3.63) is 75.3 Å². The van der Waals surface area contributed by atoms with Crippen molar-refractivity contribution in [3.8, 4) is 0 Å². The number of fused-ring (bicyclic) bond motifs is 1. The van der Waals surface area contributed by atoms with Crippen LogP contribution in [0.1, 0.15) is 29.5 Å². The Hall–Kier alpha value is -3.02. The summed E-state index contributed by atoms with van der Waals surface area (Å²) >= 11 is 0. The van der Waals surface area contributed by atoms with E-state index in [0.29, 0.717) is 5.56 Å². The van der Waals surface area contributed by atoms with Crippen LogP contribution in [0, 0.1) is 10.1 Å². The number of carbonyl (C=O) groups excluding carboxylic acids is 1. The van der Waals surface area contributed by atoms with Crippen LogP contribution in [0.25, 0.3) is 0 Å². The molecule has 6 heteroatoms. The number of hydrogen-bond donors (Lipinski definition) is 1. The van der Waals surface area contributed by atoms with Crippen LogP contribution in [0.15, 0.2) is 53.6 Å². The van der Waals surface area contributed by atoms with E-state index in [2.05, 4.69) is 16.6 Å². The number of nitrogens with zero attached hydrogens (tertiary/aromatic N) is 2. The first-order valence-electron chi connectivity index (χ1n) is 7.80. The van der Waals surface area contributed by atoms with Crippen molar-refractivity contribution < 1.29 is 9.72 Å². The molecule has 1 N–H and O–H groups in total. The van der Waals surface area contributed by atoms with Crippen molar-refractivity contribution >= 4 is 17.3 Å². The Bertz CT molecular complexity index is 797. The summed E-state index contributed by atoms with van der Waals surface area (Å²) in [6.07, 6.45) is 3.03. The summed E-state index contributed by atoms with van der Waals surface area (Å²) < 4.78 is 0. The Labute approximate surface area is 139 Å². The minimum absolute atomic E-state index is 0.0122. The Kier molecular flexibility index (Phi) is 4.65. The molecule has 0 unspecified atom stereocenters. The summed E-state index contributed by atoms with van der Waals surface area (Å²) in [5, 5.41) is 14.9. The minimum Gasteiger partial charge on any atom is -0.273 e. The molecule has 0 atom stereocenters. The van der Waals surface area contributed by atoms with Gasteiger partial charge in [0.05, 0.1) is 17.1 Å². The molecular formula is C18H17N3O3. The zero-order valence-electron chi connectivity index (χ0n) is 13.1. The van der Waals surface area contributed by atoms with Gasteiger partial charge >= 0.3 is 0 Å². The highest BCUT2D eigenvalue weighted by Gasteiger charge is 2.15. The highest BCUT2D eigenvalue weighted by Crippen LogP contribution is 2.21. The van der Waals surface area contributed by atoms with E-state index >= 15 is 0 Å². The average molecular weight is 323 g/mol. The number of nitrogens with one attached hydrogen (secondary N) is 1. The fourth-order valence-electron chi connectivity index (χ4n) is 2.81. The van der Waals surface area contributed by atoms with E-state index in [-0.39, 0.29) is 18.0 Å². The maximum atomic E-state index is 12.0. The molecule has 0 saturated carbocycles. The van der Waals surface area contributed by atoms with Crippen molar-refractivity contribution in [3.63, 3.8) is 0 Å². The van der Waals surface area contributed by atoms with E-state index in [1.54, 1.807) is 12.1 Å². The lowest BCUT2D eigenvalue weighted by molar-refractivity contribution is -0.384. The normalized spacial score (nSPS) is 14.9. The molecule has 0 radical (unpaired) electrons. The van der Waals surface area contributed by atoms with E-state index in [0.717, 1.165) is 30.5 Å². The van der Waals surface area contributed by atoms with Gasteiger partial charge in [0.1, 0.15) is 0 Å². The zero-order chi connectivity index (χ0) is 16.9. The molecule has 0 spiro atoms. The number of nitro groups is 1. The topological polar surface area (TPSA) is 84.6 Å². The lowest BCUT2D eigenvalue weighted by Gasteiger charge is -2.17. The summed E-state index contributed by atoms with van der Waals surface area (Å²) in [6.45, 7) is 0. The largest absolute Gasteiger partial charge is 0.273 e. The van der Waals surface area contributed by atoms with Gasteiger partial charge in [0.25, 0.3) is 5.69 Å². The van der Waals surface area contributed by atoms with Gasteiger partial charge in [-0.05, 0) is 30.4 Å². The smallest absolute Gasteiger partial charge is 0.269 e. The fourth-order valence-corrected chi connectivity index (χ4v) is 2.81. The molecule has 0 aliphatic heterocycles. The second-order valence-electron chi connectivity index (χ2n) is 5.70. The van der Waals surface area contributed by atoms with E-state index in [9.17, 15) is 14.9 Å². The Morgan fingerprint density at radius 3 is 2.62 bits per heavy atom. The number of rotatable bonds is 4. The number of non-ortho nitro benzene ring substituents is 1. The number of hydrazone groups is 1. The van der Waals surface area contributed by atoms with Gasteiger partial charge in [-0.15, -0.1) is 0 Å². The number of amides is 1. The number of carbonyl (C=O) groups is 1. The van der Waals surface area contributed by atoms with Crippen LogP contribution < -0.4 is 5.43 Å². The molecular weight excluding hydrogens is 306 g/mol. The van der Waals surface area contributed by atoms with Crippen molar-refractivity contribution in [1.82, 2.24) is 5.43 Å². The molecule has 122 valence electrons. The molecule has 24 heavy (non-hydrogen) atoms. The molecule has 1 aliphatic rings. The number of hydrogen-bond acceptors (Lipinski definition) is 4. The fraction of sp³-hybridized carbons (Fsp3) is 0.222. The first-order chi connectivity index (χ1) is 11.6. The van der Waals surface area contributed by atoms with Crippen LogP contribution in [0.3, 0.4) is 0 Å². The summed E-state index contributed by atoms with van der Waals surface area (Å²) in [4.78, 5) is 22.2. The van der Waals surface area contributed by atoms with Crippen molar-refractivity contribution in [2.45, 2.75) is 25.7 Å². The SMILES string of the molecule is O=C(Cc1ccc([N+](=O)[O-])cc1)N/N=C1/CCCc2ccccc21.